The summed E-state index contributed by atoms with van der Waals surface area (Å²) in [5.74, 6) is 5.33. The Morgan fingerprint density at radius 2 is 2.39 bits per heavy atom. The summed E-state index contributed by atoms with van der Waals surface area (Å²) in [4.78, 5) is 14.2. The van der Waals surface area contributed by atoms with Gasteiger partial charge in [0, 0.05) is 17.8 Å². The number of likely N-dealkylation sites (tertiary alicyclic amines) is 1. The van der Waals surface area contributed by atoms with E-state index >= 15 is 0 Å². The molecule has 1 aromatic rings. The van der Waals surface area contributed by atoms with Gasteiger partial charge in [0.25, 0.3) is 5.91 Å². The van der Waals surface area contributed by atoms with Gasteiger partial charge in [0.05, 0.1) is 12.6 Å². The molecule has 1 heterocycles. The minimum absolute atomic E-state index is 0.00683. The van der Waals surface area contributed by atoms with Crippen molar-refractivity contribution in [2.75, 3.05) is 18.6 Å². The highest BCUT2D eigenvalue weighted by molar-refractivity contribution is 5.96. The van der Waals surface area contributed by atoms with Crippen LogP contribution in [0.2, 0.25) is 0 Å². The monoisotopic (exact) mass is 249 g/mol. The lowest BCUT2D eigenvalue weighted by atomic mass is 10.1. The third-order valence-corrected chi connectivity index (χ3v) is 3.47. The van der Waals surface area contributed by atoms with E-state index in [0.29, 0.717) is 5.56 Å². The molecule has 0 spiro atoms. The molecule has 0 radical (unpaired) electrons. The number of carbonyl (C=O) groups excluding carboxylic acids is 1. The Labute approximate surface area is 107 Å². The molecule has 1 amide bonds. The molecular weight excluding hydrogens is 230 g/mol. The quantitative estimate of drug-likeness (QED) is 0.549. The molecule has 1 atom stereocenters. The van der Waals surface area contributed by atoms with Crippen molar-refractivity contribution in [2.24, 2.45) is 5.84 Å². The zero-order chi connectivity index (χ0) is 13.1. The Hall–Kier alpha value is -1.59. The van der Waals surface area contributed by atoms with Crippen LogP contribution in [-0.4, -0.2) is 35.1 Å². The lowest BCUT2D eigenvalue weighted by Crippen LogP contribution is -2.37. The number of hydrogen-bond acceptors (Lipinski definition) is 4. The fourth-order valence-corrected chi connectivity index (χ4v) is 2.44. The second-order valence-electron chi connectivity index (χ2n) is 4.65. The maximum atomic E-state index is 12.4. The number of aliphatic hydroxyl groups is 1. The van der Waals surface area contributed by atoms with Gasteiger partial charge in [0.15, 0.2) is 0 Å². The van der Waals surface area contributed by atoms with E-state index in [1.54, 1.807) is 17.0 Å². The first-order valence-corrected chi connectivity index (χ1v) is 6.16. The summed E-state index contributed by atoms with van der Waals surface area (Å²) >= 11 is 0. The number of nitrogens with zero attached hydrogens (tertiary/aromatic N) is 1. The van der Waals surface area contributed by atoms with Crippen molar-refractivity contribution in [2.45, 2.75) is 25.8 Å². The predicted molar refractivity (Wildman–Crippen MR) is 70.1 cm³/mol. The summed E-state index contributed by atoms with van der Waals surface area (Å²) < 4.78 is 0. The number of anilines is 1. The molecule has 0 bridgehead atoms. The lowest BCUT2D eigenvalue weighted by Gasteiger charge is -2.24. The largest absolute Gasteiger partial charge is 0.394 e. The van der Waals surface area contributed by atoms with Gasteiger partial charge in [-0.3, -0.25) is 10.6 Å². The molecular formula is C13H19N3O2. The van der Waals surface area contributed by atoms with E-state index in [9.17, 15) is 9.90 Å². The Bertz CT molecular complexity index is 448. The molecule has 1 unspecified atom stereocenters. The molecule has 18 heavy (non-hydrogen) atoms. The number of hydrogen-bond donors (Lipinski definition) is 3. The van der Waals surface area contributed by atoms with E-state index in [0.717, 1.165) is 30.6 Å². The number of aryl methyl sites for hydroxylation is 1. The van der Waals surface area contributed by atoms with Gasteiger partial charge in [-0.1, -0.05) is 0 Å². The highest BCUT2D eigenvalue weighted by Crippen LogP contribution is 2.22. The van der Waals surface area contributed by atoms with E-state index in [1.807, 2.05) is 13.0 Å². The second-order valence-corrected chi connectivity index (χ2v) is 4.65. The molecule has 5 nitrogen and oxygen atoms in total. The van der Waals surface area contributed by atoms with Gasteiger partial charge in [-0.05, 0) is 43.5 Å². The van der Waals surface area contributed by atoms with Gasteiger partial charge in [0.2, 0.25) is 0 Å². The van der Waals surface area contributed by atoms with Crippen LogP contribution in [-0.2, 0) is 0 Å². The van der Waals surface area contributed by atoms with E-state index in [2.05, 4.69) is 5.43 Å². The third kappa shape index (κ3) is 2.32. The average Bonchev–Trinajstić information content (AvgIpc) is 2.86. The van der Waals surface area contributed by atoms with Crippen LogP contribution in [0, 0.1) is 6.92 Å². The number of aliphatic hydroxyl groups excluding tert-OH is 1. The van der Waals surface area contributed by atoms with Crippen LogP contribution in [0.5, 0.6) is 0 Å². The number of carbonyl (C=O) groups is 1. The number of amides is 1. The Morgan fingerprint density at radius 1 is 1.61 bits per heavy atom. The predicted octanol–water partition coefficient (Wildman–Crippen LogP) is 0.878. The number of nitrogens with one attached hydrogen (secondary N) is 1. The van der Waals surface area contributed by atoms with Crippen LogP contribution >= 0.6 is 0 Å². The standard InChI is InChI=1S/C13H19N3O2/c1-9-7-10(15-14)4-5-12(9)13(18)16-6-2-3-11(16)8-17/h4-5,7,11,15,17H,2-3,6,8,14H2,1H3. The molecule has 5 heteroatoms. The van der Waals surface area contributed by atoms with Crippen LogP contribution in [0.15, 0.2) is 18.2 Å². The lowest BCUT2D eigenvalue weighted by molar-refractivity contribution is 0.0677. The van der Waals surface area contributed by atoms with E-state index in [-0.39, 0.29) is 18.6 Å². The van der Waals surface area contributed by atoms with Crippen LogP contribution < -0.4 is 11.3 Å². The third-order valence-electron chi connectivity index (χ3n) is 3.47. The molecule has 98 valence electrons. The molecule has 1 aliphatic heterocycles. The topological polar surface area (TPSA) is 78.6 Å². The Balaban J connectivity index is 2.23. The first kappa shape index (κ1) is 12.9. The van der Waals surface area contributed by atoms with Crippen molar-refractivity contribution in [3.05, 3.63) is 29.3 Å². The molecule has 1 saturated heterocycles. The number of nitrogen functional groups attached to an aromatic ring is 1. The molecule has 1 aliphatic rings. The fourth-order valence-electron chi connectivity index (χ4n) is 2.44. The summed E-state index contributed by atoms with van der Waals surface area (Å²) in [6, 6.07) is 5.37. The van der Waals surface area contributed by atoms with Crippen molar-refractivity contribution >= 4 is 11.6 Å². The second kappa shape index (κ2) is 5.37. The van der Waals surface area contributed by atoms with E-state index in [4.69, 9.17) is 5.84 Å². The number of rotatable bonds is 3. The van der Waals surface area contributed by atoms with Crippen molar-refractivity contribution in [3.8, 4) is 0 Å². The molecule has 0 saturated carbocycles. The molecule has 0 aromatic heterocycles. The molecule has 1 aromatic carbocycles. The molecule has 4 N–H and O–H groups in total. The van der Waals surface area contributed by atoms with Crippen molar-refractivity contribution < 1.29 is 9.90 Å². The maximum absolute atomic E-state index is 12.4. The van der Waals surface area contributed by atoms with Crippen molar-refractivity contribution in [3.63, 3.8) is 0 Å². The minimum Gasteiger partial charge on any atom is -0.394 e. The first-order valence-electron chi connectivity index (χ1n) is 6.16. The Morgan fingerprint density at radius 3 is 3.00 bits per heavy atom. The smallest absolute Gasteiger partial charge is 0.254 e. The van der Waals surface area contributed by atoms with E-state index < -0.39 is 0 Å². The first-order chi connectivity index (χ1) is 8.67. The molecule has 0 aliphatic carbocycles. The zero-order valence-corrected chi connectivity index (χ0v) is 10.5. The van der Waals surface area contributed by atoms with Crippen molar-refractivity contribution in [1.82, 2.24) is 4.90 Å². The summed E-state index contributed by atoms with van der Waals surface area (Å²) in [6.45, 7) is 2.64. The van der Waals surface area contributed by atoms with Gasteiger partial charge in [0.1, 0.15) is 0 Å². The van der Waals surface area contributed by atoms with Gasteiger partial charge < -0.3 is 15.4 Å². The molecule has 1 fully saturated rings. The van der Waals surface area contributed by atoms with Crippen LogP contribution in [0.3, 0.4) is 0 Å². The number of benzene rings is 1. The van der Waals surface area contributed by atoms with Gasteiger partial charge in [-0.2, -0.15) is 0 Å². The number of nitrogens with two attached hydrogens (primary N) is 1. The highest BCUT2D eigenvalue weighted by atomic mass is 16.3. The van der Waals surface area contributed by atoms with Crippen LogP contribution in [0.1, 0.15) is 28.8 Å². The fraction of sp³-hybridized carbons (Fsp3) is 0.462. The van der Waals surface area contributed by atoms with Crippen LogP contribution in [0.25, 0.3) is 0 Å². The maximum Gasteiger partial charge on any atom is 0.254 e. The SMILES string of the molecule is Cc1cc(NN)ccc1C(=O)N1CCCC1CO. The van der Waals surface area contributed by atoms with Gasteiger partial charge >= 0.3 is 0 Å². The average molecular weight is 249 g/mol. The summed E-state index contributed by atoms with van der Waals surface area (Å²) in [5.41, 5.74) is 4.90. The Kier molecular flexibility index (Phi) is 3.84. The highest BCUT2D eigenvalue weighted by Gasteiger charge is 2.29. The normalized spacial score (nSPS) is 19.1. The summed E-state index contributed by atoms with van der Waals surface area (Å²) in [5, 5.41) is 9.26. The molecule has 2 rings (SSSR count). The zero-order valence-electron chi connectivity index (χ0n) is 10.5. The summed E-state index contributed by atoms with van der Waals surface area (Å²) in [6.07, 6.45) is 1.84. The van der Waals surface area contributed by atoms with Gasteiger partial charge in [-0.25, -0.2) is 0 Å². The van der Waals surface area contributed by atoms with E-state index in [1.165, 1.54) is 0 Å². The number of hydrazine groups is 1. The minimum atomic E-state index is -0.0378. The van der Waals surface area contributed by atoms with Crippen molar-refractivity contribution in [1.29, 1.82) is 0 Å². The van der Waals surface area contributed by atoms with Gasteiger partial charge in [-0.15, -0.1) is 0 Å². The summed E-state index contributed by atoms with van der Waals surface area (Å²) in [7, 11) is 0. The van der Waals surface area contributed by atoms with Crippen LogP contribution in [0.4, 0.5) is 5.69 Å².